The highest BCUT2D eigenvalue weighted by Gasteiger charge is 2.04. The summed E-state index contributed by atoms with van der Waals surface area (Å²) in [6, 6.07) is 1.66. The number of nitrogens with one attached hydrogen (secondary N) is 2. The Morgan fingerprint density at radius 2 is 2.42 bits per heavy atom. The minimum Gasteiger partial charge on any atom is -0.310 e. The fourth-order valence-electron chi connectivity index (χ4n) is 0.788. The molecule has 2 N–H and O–H groups in total. The van der Waals surface area contributed by atoms with Crippen molar-refractivity contribution in [1.82, 2.24) is 15.1 Å². The molecule has 64 valence electrons. The van der Waals surface area contributed by atoms with Crippen LogP contribution in [0.5, 0.6) is 0 Å². The predicted molar refractivity (Wildman–Crippen MR) is 43.9 cm³/mol. The van der Waals surface area contributed by atoms with Crippen molar-refractivity contribution in [2.24, 2.45) is 7.05 Å². The van der Waals surface area contributed by atoms with Crippen molar-refractivity contribution in [3.05, 3.63) is 18.0 Å². The number of aryl methyl sites for hydroxylation is 1. The van der Waals surface area contributed by atoms with E-state index >= 15 is 0 Å². The molecule has 1 rings (SSSR count). The minimum atomic E-state index is -0.259. The van der Waals surface area contributed by atoms with E-state index in [1.165, 1.54) is 6.92 Å². The molecule has 0 aliphatic rings. The second-order valence-electron chi connectivity index (χ2n) is 2.43. The van der Waals surface area contributed by atoms with Crippen LogP contribution in [0.2, 0.25) is 0 Å². The van der Waals surface area contributed by atoms with Crippen molar-refractivity contribution in [2.45, 2.75) is 6.92 Å². The maximum absolute atomic E-state index is 10.5. The van der Waals surface area contributed by atoms with Crippen LogP contribution in [0.15, 0.2) is 12.3 Å². The molecule has 0 aromatic carbocycles. The molecule has 0 fully saturated rings. The van der Waals surface area contributed by atoms with Crippen LogP contribution in [-0.4, -0.2) is 21.5 Å². The van der Waals surface area contributed by atoms with E-state index < -0.39 is 0 Å². The van der Waals surface area contributed by atoms with Crippen LogP contribution in [-0.2, 0) is 11.8 Å². The van der Waals surface area contributed by atoms with Crippen LogP contribution in [0.3, 0.4) is 0 Å². The normalized spacial score (nSPS) is 9.50. The molecule has 1 heterocycles. The molecule has 0 radical (unpaired) electrons. The maximum atomic E-state index is 10.5. The van der Waals surface area contributed by atoms with Gasteiger partial charge in [0.1, 0.15) is 5.69 Å². The summed E-state index contributed by atoms with van der Waals surface area (Å²) in [7, 11) is 1.75. The summed E-state index contributed by atoms with van der Waals surface area (Å²) in [5.74, 6) is -0.228. The molecule has 1 amide bonds. The smallest absolute Gasteiger partial charge is 0.222 e. The Kier molecular flexibility index (Phi) is 2.23. The summed E-state index contributed by atoms with van der Waals surface area (Å²) >= 11 is 0. The van der Waals surface area contributed by atoms with Crippen LogP contribution >= 0.6 is 0 Å². The fourth-order valence-corrected chi connectivity index (χ4v) is 0.788. The third-order valence-electron chi connectivity index (χ3n) is 1.27. The molecular formula is C7H10N4O. The van der Waals surface area contributed by atoms with Gasteiger partial charge in [0.2, 0.25) is 5.91 Å². The van der Waals surface area contributed by atoms with Crippen molar-refractivity contribution in [3.8, 4) is 0 Å². The maximum Gasteiger partial charge on any atom is 0.222 e. The zero-order chi connectivity index (χ0) is 9.14. The van der Waals surface area contributed by atoms with E-state index in [2.05, 4.69) is 10.4 Å². The molecule has 1 aromatic heterocycles. The van der Waals surface area contributed by atoms with Gasteiger partial charge in [-0.3, -0.25) is 14.9 Å². The summed E-state index contributed by atoms with van der Waals surface area (Å²) in [5.41, 5.74) is 0.465. The van der Waals surface area contributed by atoms with Crippen LogP contribution in [0.25, 0.3) is 0 Å². The highest BCUT2D eigenvalue weighted by atomic mass is 16.1. The van der Waals surface area contributed by atoms with Crippen LogP contribution in [0.1, 0.15) is 12.6 Å². The average molecular weight is 166 g/mol. The lowest BCUT2D eigenvalue weighted by Crippen LogP contribution is -2.28. The monoisotopic (exact) mass is 166 g/mol. The molecule has 0 bridgehead atoms. The second-order valence-corrected chi connectivity index (χ2v) is 2.43. The largest absolute Gasteiger partial charge is 0.310 e. The van der Waals surface area contributed by atoms with Gasteiger partial charge >= 0.3 is 0 Å². The molecule has 0 atom stereocenters. The van der Waals surface area contributed by atoms with Crippen molar-refractivity contribution in [2.75, 3.05) is 0 Å². The lowest BCUT2D eigenvalue weighted by Gasteiger charge is -1.98. The first-order valence-corrected chi connectivity index (χ1v) is 3.46. The van der Waals surface area contributed by atoms with Gasteiger partial charge in [-0.25, -0.2) is 0 Å². The summed E-state index contributed by atoms with van der Waals surface area (Å²) in [6.07, 6.45) is 1.71. The Morgan fingerprint density at radius 1 is 1.75 bits per heavy atom. The van der Waals surface area contributed by atoms with E-state index in [0.717, 1.165) is 0 Å². The van der Waals surface area contributed by atoms with E-state index in [4.69, 9.17) is 5.41 Å². The quantitative estimate of drug-likeness (QED) is 0.451. The zero-order valence-corrected chi connectivity index (χ0v) is 6.96. The SMILES string of the molecule is CC(=O)NC(=N)c1ccn(C)n1. The number of amides is 1. The fraction of sp³-hybridized carbons (Fsp3) is 0.286. The van der Waals surface area contributed by atoms with Gasteiger partial charge in [-0.2, -0.15) is 5.10 Å². The van der Waals surface area contributed by atoms with Gasteiger partial charge in [0.15, 0.2) is 5.84 Å². The van der Waals surface area contributed by atoms with E-state index in [0.29, 0.717) is 5.69 Å². The molecule has 0 spiro atoms. The van der Waals surface area contributed by atoms with Gasteiger partial charge in [0, 0.05) is 20.2 Å². The third-order valence-corrected chi connectivity index (χ3v) is 1.27. The molecule has 12 heavy (non-hydrogen) atoms. The number of nitrogens with zero attached hydrogens (tertiary/aromatic N) is 2. The predicted octanol–water partition coefficient (Wildman–Crippen LogP) is -0.118. The van der Waals surface area contributed by atoms with Gasteiger partial charge in [0.05, 0.1) is 0 Å². The summed E-state index contributed by atoms with van der Waals surface area (Å²) in [6.45, 7) is 1.36. The zero-order valence-electron chi connectivity index (χ0n) is 6.96. The number of carbonyl (C=O) groups excluding carboxylic acids is 1. The average Bonchev–Trinajstić information content (AvgIpc) is 2.34. The van der Waals surface area contributed by atoms with E-state index in [-0.39, 0.29) is 11.7 Å². The number of aromatic nitrogens is 2. The second kappa shape index (κ2) is 3.17. The first-order valence-electron chi connectivity index (χ1n) is 3.46. The Labute approximate surface area is 69.9 Å². The molecule has 0 unspecified atom stereocenters. The number of hydrogen-bond acceptors (Lipinski definition) is 3. The van der Waals surface area contributed by atoms with Crippen LogP contribution in [0.4, 0.5) is 0 Å². The lowest BCUT2D eigenvalue weighted by atomic mass is 10.4. The van der Waals surface area contributed by atoms with E-state index in [1.54, 1.807) is 24.0 Å². The molecule has 5 heteroatoms. The lowest BCUT2D eigenvalue weighted by molar-refractivity contribution is -0.117. The Morgan fingerprint density at radius 3 is 2.83 bits per heavy atom. The van der Waals surface area contributed by atoms with E-state index in [1.807, 2.05) is 0 Å². The van der Waals surface area contributed by atoms with Gasteiger partial charge in [-0.05, 0) is 6.07 Å². The number of hydrogen-bond donors (Lipinski definition) is 2. The van der Waals surface area contributed by atoms with Gasteiger partial charge in [-0.1, -0.05) is 0 Å². The standard InChI is InChI=1S/C7H10N4O/c1-5(12)9-7(8)6-3-4-11(2)10-6/h3-4H,1-2H3,(H2,8,9,12). The highest BCUT2D eigenvalue weighted by Crippen LogP contribution is 1.92. The summed E-state index contributed by atoms with van der Waals surface area (Å²) in [4.78, 5) is 10.5. The Balaban J connectivity index is 2.72. The molecule has 0 aliphatic heterocycles. The topological polar surface area (TPSA) is 70.8 Å². The Bertz CT molecular complexity index is 315. The molecule has 0 aliphatic carbocycles. The minimum absolute atomic E-state index is 0.0306. The summed E-state index contributed by atoms with van der Waals surface area (Å²) < 4.78 is 1.58. The van der Waals surface area contributed by atoms with Crippen molar-refractivity contribution >= 4 is 11.7 Å². The third kappa shape index (κ3) is 1.91. The molecule has 1 aromatic rings. The molecule has 0 saturated heterocycles. The number of rotatable bonds is 1. The molecule has 5 nitrogen and oxygen atoms in total. The first-order chi connectivity index (χ1) is 5.59. The van der Waals surface area contributed by atoms with Gasteiger partial charge in [0.25, 0.3) is 0 Å². The summed E-state index contributed by atoms with van der Waals surface area (Å²) in [5, 5.41) is 13.6. The first kappa shape index (κ1) is 8.45. The van der Waals surface area contributed by atoms with Crippen molar-refractivity contribution in [1.29, 1.82) is 5.41 Å². The van der Waals surface area contributed by atoms with Gasteiger partial charge in [-0.15, -0.1) is 0 Å². The Hall–Kier alpha value is -1.65. The molecule has 0 saturated carbocycles. The van der Waals surface area contributed by atoms with Crippen molar-refractivity contribution < 1.29 is 4.79 Å². The van der Waals surface area contributed by atoms with Crippen molar-refractivity contribution in [3.63, 3.8) is 0 Å². The van der Waals surface area contributed by atoms with E-state index in [9.17, 15) is 4.79 Å². The van der Waals surface area contributed by atoms with Crippen LogP contribution < -0.4 is 5.32 Å². The molecular weight excluding hydrogens is 156 g/mol. The highest BCUT2D eigenvalue weighted by molar-refractivity contribution is 6.04. The van der Waals surface area contributed by atoms with Crippen LogP contribution in [0, 0.1) is 5.41 Å². The number of amidine groups is 1. The number of carbonyl (C=O) groups is 1. The van der Waals surface area contributed by atoms with Gasteiger partial charge < -0.3 is 5.32 Å².